The molecule has 32 heavy (non-hydrogen) atoms. The Morgan fingerprint density at radius 3 is 2.59 bits per heavy atom. The van der Waals surface area contributed by atoms with Crippen LogP contribution in [0.25, 0.3) is 0 Å². The second-order valence-electron chi connectivity index (χ2n) is 7.40. The smallest absolute Gasteiger partial charge is 0.410 e. The third-order valence-corrected chi connectivity index (χ3v) is 6.21. The Balaban J connectivity index is 1.49. The molecule has 0 saturated heterocycles. The van der Waals surface area contributed by atoms with E-state index in [0.29, 0.717) is 36.0 Å². The molecule has 1 aliphatic heterocycles. The zero-order chi connectivity index (χ0) is 22.5. The number of nitrogens with two attached hydrogens (primary N) is 1. The average molecular weight is 468 g/mol. The zero-order valence-electron chi connectivity index (χ0n) is 17.2. The summed E-state index contributed by atoms with van der Waals surface area (Å²) < 4.78 is 5.47. The maximum atomic E-state index is 12.6. The number of anilines is 1. The monoisotopic (exact) mass is 467 g/mol. The fourth-order valence-electron chi connectivity index (χ4n) is 3.67. The molecule has 0 fully saturated rings. The number of rotatable bonds is 5. The van der Waals surface area contributed by atoms with Crippen molar-refractivity contribution in [3.8, 4) is 5.75 Å². The van der Waals surface area contributed by atoms with Gasteiger partial charge in [-0.05, 0) is 65.4 Å². The van der Waals surface area contributed by atoms with Gasteiger partial charge in [0.2, 0.25) is 5.91 Å². The van der Waals surface area contributed by atoms with Gasteiger partial charge in [0, 0.05) is 28.7 Å². The third-order valence-electron chi connectivity index (χ3n) is 5.22. The summed E-state index contributed by atoms with van der Waals surface area (Å²) in [7, 11) is 0. The van der Waals surface area contributed by atoms with Crippen LogP contribution in [-0.2, 0) is 24.2 Å². The van der Waals surface area contributed by atoms with Gasteiger partial charge < -0.3 is 15.0 Å². The van der Waals surface area contributed by atoms with Crippen LogP contribution in [0.4, 0.5) is 10.5 Å². The van der Waals surface area contributed by atoms with E-state index in [2.05, 4.69) is 5.32 Å². The highest BCUT2D eigenvalue weighted by molar-refractivity contribution is 7.97. The number of amides is 2. The lowest BCUT2D eigenvalue weighted by Crippen LogP contribution is -2.38. The molecule has 1 heterocycles. The highest BCUT2D eigenvalue weighted by Crippen LogP contribution is 2.31. The number of ether oxygens (including phenoxy) is 1. The lowest BCUT2D eigenvalue weighted by molar-refractivity contribution is -0.115. The first-order chi connectivity index (χ1) is 15.5. The molecule has 2 amide bonds. The number of nitrogens with one attached hydrogen (secondary N) is 1. The molecule has 0 aliphatic carbocycles. The Bertz CT molecular complexity index is 1140. The summed E-state index contributed by atoms with van der Waals surface area (Å²) in [6.45, 7) is 0.910. The van der Waals surface area contributed by atoms with Crippen LogP contribution in [0.3, 0.4) is 0 Å². The Hall–Kier alpha value is -3.00. The van der Waals surface area contributed by atoms with Crippen LogP contribution in [0.2, 0.25) is 5.02 Å². The molecule has 1 aliphatic rings. The van der Waals surface area contributed by atoms with Crippen LogP contribution in [0.5, 0.6) is 5.75 Å². The standard InChI is InChI=1S/C24H22ClN3O3S/c25-21-9-5-4-6-16(21)13-23(29)27-18-12-17-15-28(11-10-20(17)22(14-18)32-26)24(30)31-19-7-2-1-3-8-19/h1-9,12,14H,10-11,13,15,26H2,(H,27,29). The van der Waals surface area contributed by atoms with Crippen LogP contribution < -0.4 is 15.2 Å². The maximum absolute atomic E-state index is 12.6. The second kappa shape index (κ2) is 10.1. The van der Waals surface area contributed by atoms with E-state index in [9.17, 15) is 9.59 Å². The summed E-state index contributed by atoms with van der Waals surface area (Å²) in [6.07, 6.45) is 0.418. The van der Waals surface area contributed by atoms with E-state index in [4.69, 9.17) is 21.5 Å². The van der Waals surface area contributed by atoms with Gasteiger partial charge in [-0.2, -0.15) is 0 Å². The van der Waals surface area contributed by atoms with Crippen molar-refractivity contribution < 1.29 is 14.3 Å². The molecule has 0 radical (unpaired) electrons. The van der Waals surface area contributed by atoms with E-state index < -0.39 is 6.09 Å². The fraction of sp³-hybridized carbons (Fsp3) is 0.167. The minimum atomic E-state index is -0.406. The highest BCUT2D eigenvalue weighted by Gasteiger charge is 2.25. The molecule has 8 heteroatoms. The number of carbonyl (C=O) groups excluding carboxylic acids is 2. The van der Waals surface area contributed by atoms with Crippen molar-refractivity contribution in [2.75, 3.05) is 11.9 Å². The molecular weight excluding hydrogens is 446 g/mol. The van der Waals surface area contributed by atoms with Crippen molar-refractivity contribution >= 4 is 41.2 Å². The summed E-state index contributed by atoms with van der Waals surface area (Å²) in [4.78, 5) is 27.7. The predicted molar refractivity (Wildman–Crippen MR) is 127 cm³/mol. The number of benzene rings is 3. The van der Waals surface area contributed by atoms with E-state index in [1.54, 1.807) is 23.1 Å². The fourth-order valence-corrected chi connectivity index (χ4v) is 4.44. The first kappa shape index (κ1) is 22.2. The summed E-state index contributed by atoms with van der Waals surface area (Å²) in [5, 5.41) is 9.37. The molecule has 3 aromatic rings. The molecule has 3 N–H and O–H groups in total. The summed E-state index contributed by atoms with van der Waals surface area (Å²) in [5.41, 5.74) is 3.41. The second-order valence-corrected chi connectivity index (χ2v) is 8.48. The average Bonchev–Trinajstić information content (AvgIpc) is 2.80. The first-order valence-corrected chi connectivity index (χ1v) is 11.4. The Morgan fingerprint density at radius 1 is 1.09 bits per heavy atom. The number of para-hydroxylation sites is 1. The Labute approximate surface area is 195 Å². The molecule has 0 unspecified atom stereocenters. The van der Waals surface area contributed by atoms with Crippen molar-refractivity contribution in [1.82, 2.24) is 4.90 Å². The molecule has 164 valence electrons. The van der Waals surface area contributed by atoms with Crippen LogP contribution >= 0.6 is 23.5 Å². The van der Waals surface area contributed by atoms with Crippen molar-refractivity contribution in [1.29, 1.82) is 0 Å². The van der Waals surface area contributed by atoms with Gasteiger partial charge in [0.15, 0.2) is 0 Å². The number of carbonyl (C=O) groups is 2. The quantitative estimate of drug-likeness (QED) is 0.513. The van der Waals surface area contributed by atoms with Crippen molar-refractivity contribution in [2.24, 2.45) is 5.14 Å². The molecule has 0 atom stereocenters. The van der Waals surface area contributed by atoms with Gasteiger partial charge in [-0.15, -0.1) is 0 Å². The summed E-state index contributed by atoms with van der Waals surface area (Å²) in [5.74, 6) is 0.323. The maximum Gasteiger partial charge on any atom is 0.415 e. The number of halogens is 1. The molecular formula is C24H22ClN3O3S. The lowest BCUT2D eigenvalue weighted by Gasteiger charge is -2.29. The topological polar surface area (TPSA) is 84.7 Å². The largest absolute Gasteiger partial charge is 0.415 e. The van der Waals surface area contributed by atoms with Gasteiger partial charge in [0.05, 0.1) is 6.42 Å². The Kier molecular flexibility index (Phi) is 6.99. The first-order valence-electron chi connectivity index (χ1n) is 10.1. The molecule has 6 nitrogen and oxygen atoms in total. The number of hydrogen-bond acceptors (Lipinski definition) is 5. The molecule has 0 bridgehead atoms. The molecule has 0 aromatic heterocycles. The molecule has 4 rings (SSSR count). The van der Waals surface area contributed by atoms with Gasteiger partial charge >= 0.3 is 6.09 Å². The highest BCUT2D eigenvalue weighted by atomic mass is 35.5. The normalized spacial score (nSPS) is 12.8. The van der Waals surface area contributed by atoms with Crippen LogP contribution in [0.15, 0.2) is 71.6 Å². The van der Waals surface area contributed by atoms with Crippen molar-refractivity contribution in [3.63, 3.8) is 0 Å². The van der Waals surface area contributed by atoms with Gasteiger partial charge in [-0.3, -0.25) is 9.93 Å². The summed E-state index contributed by atoms with van der Waals surface area (Å²) in [6, 6.07) is 20.0. The third kappa shape index (κ3) is 5.24. The minimum Gasteiger partial charge on any atom is -0.410 e. The van der Waals surface area contributed by atoms with Crippen molar-refractivity contribution in [3.05, 3.63) is 88.4 Å². The molecule has 0 saturated carbocycles. The molecule has 0 spiro atoms. The lowest BCUT2D eigenvalue weighted by atomic mass is 9.99. The Morgan fingerprint density at radius 2 is 1.84 bits per heavy atom. The van der Waals surface area contributed by atoms with Crippen LogP contribution in [-0.4, -0.2) is 23.4 Å². The SMILES string of the molecule is NSc1cc(NC(=O)Cc2ccccc2Cl)cc2c1CCN(C(=O)Oc1ccccc1)C2. The van der Waals surface area contributed by atoms with E-state index in [1.807, 2.05) is 48.5 Å². The number of hydrogen-bond donors (Lipinski definition) is 2. The van der Waals surface area contributed by atoms with Gasteiger partial charge in [-0.1, -0.05) is 48.0 Å². The zero-order valence-corrected chi connectivity index (χ0v) is 18.8. The van der Waals surface area contributed by atoms with E-state index >= 15 is 0 Å². The summed E-state index contributed by atoms with van der Waals surface area (Å²) >= 11 is 7.30. The van der Waals surface area contributed by atoms with Crippen molar-refractivity contribution in [2.45, 2.75) is 24.3 Å². The van der Waals surface area contributed by atoms with E-state index in [1.165, 1.54) is 0 Å². The molecule has 3 aromatic carbocycles. The number of nitrogens with zero attached hydrogens (tertiary/aromatic N) is 1. The van der Waals surface area contributed by atoms with Crippen LogP contribution in [0.1, 0.15) is 16.7 Å². The van der Waals surface area contributed by atoms with E-state index in [-0.39, 0.29) is 12.3 Å². The number of fused-ring (bicyclic) bond motifs is 1. The van der Waals surface area contributed by atoms with E-state index in [0.717, 1.165) is 33.5 Å². The predicted octanol–water partition coefficient (Wildman–Crippen LogP) is 5.04. The van der Waals surface area contributed by atoms with Crippen LogP contribution in [0, 0.1) is 0 Å². The minimum absolute atomic E-state index is 0.164. The van der Waals surface area contributed by atoms with Gasteiger partial charge in [0.25, 0.3) is 0 Å². The van der Waals surface area contributed by atoms with Gasteiger partial charge in [0.1, 0.15) is 5.75 Å². The van der Waals surface area contributed by atoms with Gasteiger partial charge in [-0.25, -0.2) is 4.79 Å².